The van der Waals surface area contributed by atoms with Crippen LogP contribution in [0.3, 0.4) is 0 Å². The van der Waals surface area contributed by atoms with E-state index in [1.165, 1.54) is 17.2 Å². The first-order chi connectivity index (χ1) is 5.68. The van der Waals surface area contributed by atoms with Crippen molar-refractivity contribution in [1.29, 1.82) is 0 Å². The lowest BCUT2D eigenvalue weighted by Crippen LogP contribution is -1.69. The molecule has 0 saturated heterocycles. The first-order valence-electron chi connectivity index (χ1n) is 3.25. The fourth-order valence-electron chi connectivity index (χ4n) is 1.03. The standard InChI is InChI=1S/C8H4I2S2/c9-4-1-2-5-6(3-4)12-8(11)7(5)10/h1-3,11H. The van der Waals surface area contributed by atoms with E-state index >= 15 is 0 Å². The quantitative estimate of drug-likeness (QED) is 0.476. The van der Waals surface area contributed by atoms with Crippen LogP contribution in [0.25, 0.3) is 10.1 Å². The number of fused-ring (bicyclic) bond motifs is 1. The number of thiol groups is 1. The van der Waals surface area contributed by atoms with Gasteiger partial charge in [0.1, 0.15) is 0 Å². The third-order valence-electron chi connectivity index (χ3n) is 1.57. The molecular weight excluding hydrogens is 414 g/mol. The highest BCUT2D eigenvalue weighted by atomic mass is 127. The summed E-state index contributed by atoms with van der Waals surface area (Å²) in [6.07, 6.45) is 0. The Kier molecular flexibility index (Phi) is 2.88. The maximum absolute atomic E-state index is 4.40. The summed E-state index contributed by atoms with van der Waals surface area (Å²) in [4.78, 5) is 0. The van der Waals surface area contributed by atoms with E-state index in [2.05, 4.69) is 76.0 Å². The highest BCUT2D eigenvalue weighted by molar-refractivity contribution is 14.1. The Morgan fingerprint density at radius 3 is 2.75 bits per heavy atom. The van der Waals surface area contributed by atoms with E-state index in [-0.39, 0.29) is 0 Å². The fourth-order valence-corrected chi connectivity index (χ4v) is 4.00. The zero-order valence-electron chi connectivity index (χ0n) is 5.84. The molecule has 0 radical (unpaired) electrons. The molecule has 2 rings (SSSR count). The van der Waals surface area contributed by atoms with E-state index < -0.39 is 0 Å². The smallest absolute Gasteiger partial charge is 0.0714 e. The number of hydrogen-bond acceptors (Lipinski definition) is 2. The van der Waals surface area contributed by atoms with Crippen molar-refractivity contribution in [1.82, 2.24) is 0 Å². The summed E-state index contributed by atoms with van der Waals surface area (Å²) >= 11 is 10.8. The molecule has 1 heterocycles. The Morgan fingerprint density at radius 2 is 2.00 bits per heavy atom. The van der Waals surface area contributed by atoms with Crippen LogP contribution in [0.15, 0.2) is 22.4 Å². The Bertz CT molecular complexity index is 434. The highest BCUT2D eigenvalue weighted by Crippen LogP contribution is 2.35. The minimum absolute atomic E-state index is 1.12. The van der Waals surface area contributed by atoms with Gasteiger partial charge in [-0.1, -0.05) is 6.07 Å². The summed E-state index contributed by atoms with van der Waals surface area (Å²) in [6.45, 7) is 0. The van der Waals surface area contributed by atoms with E-state index in [9.17, 15) is 0 Å². The van der Waals surface area contributed by atoms with Gasteiger partial charge in [-0.2, -0.15) is 0 Å². The van der Waals surface area contributed by atoms with Gasteiger partial charge in [0.05, 0.1) is 4.21 Å². The van der Waals surface area contributed by atoms with E-state index in [1.807, 2.05) is 0 Å². The van der Waals surface area contributed by atoms with Crippen LogP contribution >= 0.6 is 69.1 Å². The molecule has 0 aliphatic heterocycles. The summed E-state index contributed by atoms with van der Waals surface area (Å²) in [5, 5.41) is 1.33. The van der Waals surface area contributed by atoms with Crippen molar-refractivity contribution < 1.29 is 0 Å². The predicted octanol–water partition coefficient (Wildman–Crippen LogP) is 4.40. The molecule has 0 spiro atoms. The number of benzene rings is 1. The SMILES string of the molecule is Sc1sc2cc(I)ccc2c1I. The molecule has 12 heavy (non-hydrogen) atoms. The van der Waals surface area contributed by atoms with E-state index in [1.54, 1.807) is 11.3 Å². The average Bonchev–Trinajstić information content (AvgIpc) is 2.28. The van der Waals surface area contributed by atoms with Crippen LogP contribution in [0.1, 0.15) is 0 Å². The maximum Gasteiger partial charge on any atom is 0.0714 e. The van der Waals surface area contributed by atoms with Crippen LogP contribution in [0.4, 0.5) is 0 Å². The highest BCUT2D eigenvalue weighted by Gasteiger charge is 2.05. The molecule has 0 nitrogen and oxygen atoms in total. The number of rotatable bonds is 0. The van der Waals surface area contributed by atoms with Crippen LogP contribution in [-0.4, -0.2) is 0 Å². The van der Waals surface area contributed by atoms with Gasteiger partial charge < -0.3 is 0 Å². The van der Waals surface area contributed by atoms with Gasteiger partial charge in [0, 0.05) is 17.2 Å². The van der Waals surface area contributed by atoms with E-state index in [0.717, 1.165) is 4.21 Å². The lowest BCUT2D eigenvalue weighted by atomic mass is 10.3. The Morgan fingerprint density at radius 1 is 1.25 bits per heavy atom. The summed E-state index contributed by atoms with van der Waals surface area (Å²) in [7, 11) is 0. The number of hydrogen-bond donors (Lipinski definition) is 1. The van der Waals surface area contributed by atoms with Gasteiger partial charge in [-0.3, -0.25) is 0 Å². The monoisotopic (exact) mass is 418 g/mol. The van der Waals surface area contributed by atoms with Gasteiger partial charge in [0.15, 0.2) is 0 Å². The normalized spacial score (nSPS) is 10.9. The zero-order chi connectivity index (χ0) is 8.72. The lowest BCUT2D eigenvalue weighted by molar-refractivity contribution is 1.67. The van der Waals surface area contributed by atoms with Gasteiger partial charge in [-0.15, -0.1) is 24.0 Å². The molecule has 0 amide bonds. The molecule has 0 saturated carbocycles. The molecule has 0 unspecified atom stereocenters. The third-order valence-corrected chi connectivity index (χ3v) is 5.61. The molecule has 0 fully saturated rings. The molecular formula is C8H4I2S2. The van der Waals surface area contributed by atoms with Crippen molar-refractivity contribution in [2.45, 2.75) is 4.21 Å². The van der Waals surface area contributed by atoms with E-state index in [0.29, 0.717) is 0 Å². The van der Waals surface area contributed by atoms with Crippen molar-refractivity contribution in [3.63, 3.8) is 0 Å². The molecule has 4 heteroatoms. The van der Waals surface area contributed by atoms with Crippen LogP contribution in [0.5, 0.6) is 0 Å². The number of thiophene rings is 1. The van der Waals surface area contributed by atoms with Gasteiger partial charge in [0.25, 0.3) is 0 Å². The second kappa shape index (κ2) is 3.62. The Labute approximate surface area is 107 Å². The molecule has 0 atom stereocenters. The summed E-state index contributed by atoms with van der Waals surface area (Å²) in [5.41, 5.74) is 0. The molecule has 62 valence electrons. The first-order valence-corrected chi connectivity index (χ1v) is 6.67. The molecule has 2 aromatic rings. The van der Waals surface area contributed by atoms with Crippen molar-refractivity contribution >= 4 is 79.2 Å². The van der Waals surface area contributed by atoms with Gasteiger partial charge in [-0.25, -0.2) is 0 Å². The minimum Gasteiger partial charge on any atom is -0.132 e. The molecule has 0 N–H and O–H groups in total. The second-order valence-corrected chi connectivity index (χ2v) is 6.49. The Balaban J connectivity index is 2.87. The van der Waals surface area contributed by atoms with Crippen LogP contribution in [0, 0.1) is 7.14 Å². The third kappa shape index (κ3) is 1.62. The van der Waals surface area contributed by atoms with Crippen molar-refractivity contribution in [3.8, 4) is 0 Å². The number of halogens is 2. The average molecular weight is 418 g/mol. The van der Waals surface area contributed by atoms with E-state index in [4.69, 9.17) is 0 Å². The zero-order valence-corrected chi connectivity index (χ0v) is 11.9. The van der Waals surface area contributed by atoms with Gasteiger partial charge in [0.2, 0.25) is 0 Å². The minimum atomic E-state index is 1.12. The largest absolute Gasteiger partial charge is 0.132 e. The van der Waals surface area contributed by atoms with Crippen molar-refractivity contribution in [3.05, 3.63) is 25.3 Å². The molecule has 1 aromatic carbocycles. The second-order valence-electron chi connectivity index (χ2n) is 2.36. The predicted molar refractivity (Wildman–Crippen MR) is 74.5 cm³/mol. The van der Waals surface area contributed by atoms with Crippen molar-refractivity contribution in [2.24, 2.45) is 0 Å². The fraction of sp³-hybridized carbons (Fsp3) is 0. The van der Waals surface area contributed by atoms with Crippen molar-refractivity contribution in [2.75, 3.05) is 0 Å². The lowest BCUT2D eigenvalue weighted by Gasteiger charge is -1.90. The van der Waals surface area contributed by atoms with Crippen LogP contribution in [-0.2, 0) is 0 Å². The molecule has 0 bridgehead atoms. The van der Waals surface area contributed by atoms with Gasteiger partial charge in [-0.05, 0) is 57.3 Å². The summed E-state index contributed by atoms with van der Waals surface area (Å²) in [6, 6.07) is 6.49. The van der Waals surface area contributed by atoms with Crippen LogP contribution < -0.4 is 0 Å². The van der Waals surface area contributed by atoms with Gasteiger partial charge >= 0.3 is 0 Å². The maximum atomic E-state index is 4.40. The van der Waals surface area contributed by atoms with Crippen LogP contribution in [0.2, 0.25) is 0 Å². The molecule has 0 aliphatic carbocycles. The molecule has 0 aliphatic rings. The summed E-state index contributed by atoms with van der Waals surface area (Å²) in [5.74, 6) is 0. The molecule has 1 aromatic heterocycles. The first kappa shape index (κ1) is 9.54. The topological polar surface area (TPSA) is 0 Å². The summed E-state index contributed by atoms with van der Waals surface area (Å²) < 4.78 is 5.00. The Hall–Kier alpha value is 0.990.